The molecule has 0 spiro atoms. The second kappa shape index (κ2) is 51.4. The van der Waals surface area contributed by atoms with Crippen LogP contribution in [0.2, 0.25) is 0 Å². The van der Waals surface area contributed by atoms with Crippen LogP contribution in [0.15, 0.2) is 102 Å². The fourth-order valence-electron chi connectivity index (χ4n) is 7.64. The summed E-state index contributed by atoms with van der Waals surface area (Å²) in [5.41, 5.74) is 6.42. The third-order valence-corrected chi connectivity index (χ3v) is 12.8. The minimum Gasteiger partial charge on any atom is -0.396 e. The van der Waals surface area contributed by atoms with E-state index in [9.17, 15) is 24.9 Å². The summed E-state index contributed by atoms with van der Waals surface area (Å²) in [6.45, 7) is 38.2. The van der Waals surface area contributed by atoms with Gasteiger partial charge in [0.25, 0.3) is 0 Å². The number of carbonyl (C=O) groups excluding carboxylic acids is 2. The predicted octanol–water partition coefficient (Wildman–Crippen LogP) is 14.2. The van der Waals surface area contributed by atoms with Crippen molar-refractivity contribution in [2.75, 3.05) is 44.5 Å². The number of rotatable bonds is 32. The van der Waals surface area contributed by atoms with Crippen LogP contribution in [0.5, 0.6) is 0 Å². The molecule has 0 amide bonds. The van der Waals surface area contributed by atoms with Crippen LogP contribution in [-0.4, -0.2) is 121 Å². The first-order valence-electron chi connectivity index (χ1n) is 28.9. The summed E-state index contributed by atoms with van der Waals surface area (Å²) in [4.78, 5) is 40.0. The van der Waals surface area contributed by atoms with Gasteiger partial charge in [-0.25, -0.2) is 4.99 Å². The van der Waals surface area contributed by atoms with Gasteiger partial charge in [-0.1, -0.05) is 151 Å². The molecule has 1 aromatic carbocycles. The van der Waals surface area contributed by atoms with Crippen LogP contribution in [0.25, 0.3) is 12.2 Å². The van der Waals surface area contributed by atoms with Crippen LogP contribution in [0.4, 0.5) is 5.69 Å². The summed E-state index contributed by atoms with van der Waals surface area (Å²) in [6, 6.07) is 1.61. The monoisotopic (exact) mass is 1130 g/mol. The van der Waals surface area contributed by atoms with Crippen LogP contribution in [-0.2, 0) is 16.0 Å². The van der Waals surface area contributed by atoms with E-state index in [2.05, 4.69) is 120 Å². The van der Waals surface area contributed by atoms with Crippen LogP contribution < -0.4 is 15.8 Å². The standard InChI is InChI=1S/C30H45N3O3S.C27H41N3O3S.2C3H8.C2H6/c1-7-10-11-29-28(9-3)25(15-24(17-31)13-12-23(6)37-22(4)5)16-26(19-34)30(29)33-21-32-18-27(35)20-36-14-8-2;1-7-10-24(25(13-15-31)29-19-30(6)26(14-16-32)21(5)33)23(8-2)20(4)17-22-11-12-27(28-18-22)34-9-3;2*1-3-2;1-2/h9,11-13,16-17,19,21-22,27,31,35H,7-8,10,14-15,18,20H2,1-6H3,(H,32,33);8,10,12-13,15,18-19,21-22,26,32-33H,4,7,9,11,14,16-17H2,1-3,5-6H3;2*3H2,1-2H3;1-2H3/b23-12+,24-13-,28-9-,29-11+,31-17?;23-8-,24-10+,25-13-,29-19?;;;/t27-;21-,22?,26?;;;/m10.../s1. The van der Waals surface area contributed by atoms with Gasteiger partial charge < -0.3 is 35.7 Å². The summed E-state index contributed by atoms with van der Waals surface area (Å²) in [7, 11) is 1.80. The molecule has 0 aliphatic carbocycles. The maximum Gasteiger partial charge on any atom is 0.152 e. The molecule has 0 radical (unpaired) electrons. The Kier molecular flexibility index (Phi) is 51.1. The second-order valence-corrected chi connectivity index (χ2v) is 21.8. The summed E-state index contributed by atoms with van der Waals surface area (Å²) < 4.78 is 5.37. The van der Waals surface area contributed by atoms with Gasteiger partial charge in [-0.3, -0.25) is 19.6 Å². The van der Waals surface area contributed by atoms with Crippen molar-refractivity contribution in [3.8, 4) is 0 Å². The number of ether oxygens (including phenoxy) is 1. The van der Waals surface area contributed by atoms with Gasteiger partial charge in [0.1, 0.15) is 6.29 Å². The molecule has 0 aromatic heterocycles. The molecule has 446 valence electrons. The number of carbonyl (C=O) groups is 2. The zero-order valence-electron chi connectivity index (χ0n) is 52.0. The molecule has 4 atom stereocenters. The number of aliphatic imine (C=N–C) groups is 3. The van der Waals surface area contributed by atoms with Crippen molar-refractivity contribution < 1.29 is 29.6 Å². The molecule has 0 fully saturated rings. The molecule has 5 N–H and O–H groups in total. The van der Waals surface area contributed by atoms with Crippen LogP contribution >= 0.6 is 23.5 Å². The molecule has 0 bridgehead atoms. The molecule has 12 nitrogen and oxygen atoms in total. The molecule has 1 aliphatic heterocycles. The van der Waals surface area contributed by atoms with E-state index in [0.29, 0.717) is 41.6 Å². The molecule has 1 aromatic rings. The fourth-order valence-corrected chi connectivity index (χ4v) is 9.17. The highest BCUT2D eigenvalue weighted by molar-refractivity contribution is 8.03. The molecule has 1 aliphatic rings. The molecular weight excluding hydrogens is 1020 g/mol. The number of likely N-dealkylation sites (N-methyl/N-ethyl adjacent to an activating group) is 1. The number of unbranched alkanes of at least 4 members (excludes halogenated alkanes) is 1. The summed E-state index contributed by atoms with van der Waals surface area (Å²) in [6.07, 6.45) is 31.4. The minimum atomic E-state index is -0.675. The molecule has 14 heteroatoms. The van der Waals surface area contributed by atoms with Crippen LogP contribution in [0.1, 0.15) is 184 Å². The second-order valence-electron chi connectivity index (χ2n) is 18.7. The molecule has 1 heterocycles. The van der Waals surface area contributed by atoms with Crippen molar-refractivity contribution in [3.05, 3.63) is 109 Å². The highest BCUT2D eigenvalue weighted by atomic mass is 32.2. The topological polar surface area (TPSA) is 180 Å². The third-order valence-electron chi connectivity index (χ3n) is 10.9. The first-order chi connectivity index (χ1) is 37.9. The zero-order chi connectivity index (χ0) is 60.6. The summed E-state index contributed by atoms with van der Waals surface area (Å²) in [5, 5.41) is 44.1. The Morgan fingerprint density at radius 1 is 1.00 bits per heavy atom. The summed E-state index contributed by atoms with van der Waals surface area (Å²) in [5.74, 6) is 1.29. The largest absolute Gasteiger partial charge is 0.396 e. The first-order valence-corrected chi connectivity index (χ1v) is 30.8. The third kappa shape index (κ3) is 34.9. The quantitative estimate of drug-likeness (QED) is 0.0116. The number of benzene rings is 1. The SMILES string of the molecule is C/C=c1/c(C/C(C=N)=C/C=C(\C)SC(C)C)cc(C=O)c(NC=NC[C@@H](O)COCCC)/c1=C/CCC.C=C(CC1C=NC(SCC)=CC1)C(=C/C)/C(=C\CC)C(=C/C=O)/N=CN(C)C(CCO)[C@H](C)O.CC.CCC.CCC. The number of nitrogens with one attached hydrogen (secondary N) is 2. The first kappa shape index (κ1) is 78.5. The van der Waals surface area contributed by atoms with Crippen LogP contribution in [0, 0.1) is 11.3 Å². The lowest BCUT2D eigenvalue weighted by Gasteiger charge is -2.28. The van der Waals surface area contributed by atoms with Gasteiger partial charge in [-0.05, 0) is 117 Å². The number of aliphatic hydroxyl groups is 3. The molecule has 79 heavy (non-hydrogen) atoms. The minimum absolute atomic E-state index is 0.0351. The van der Waals surface area contributed by atoms with Crippen molar-refractivity contribution in [2.45, 2.75) is 198 Å². The van der Waals surface area contributed by atoms with Crippen LogP contribution in [0.3, 0.4) is 0 Å². The number of aldehydes is 2. The molecule has 0 saturated carbocycles. The van der Waals surface area contributed by atoms with E-state index >= 15 is 0 Å². The number of hydrogen-bond acceptors (Lipinski definition) is 12. The Morgan fingerprint density at radius 3 is 2.16 bits per heavy atom. The number of anilines is 1. The Hall–Kier alpha value is -4.70. The predicted molar refractivity (Wildman–Crippen MR) is 351 cm³/mol. The van der Waals surface area contributed by atoms with Crippen molar-refractivity contribution in [3.63, 3.8) is 0 Å². The Morgan fingerprint density at radius 2 is 1.67 bits per heavy atom. The van der Waals surface area contributed by atoms with Crippen molar-refractivity contribution in [1.29, 1.82) is 5.41 Å². The van der Waals surface area contributed by atoms with E-state index in [0.717, 1.165) is 100 Å². The number of nitrogens with zero attached hydrogens (tertiary/aromatic N) is 4. The van der Waals surface area contributed by atoms with Gasteiger partial charge in [-0.2, -0.15) is 0 Å². The normalized spacial score (nSPS) is 15.6. The maximum absolute atomic E-state index is 12.1. The number of hydrogen-bond donors (Lipinski definition) is 5. The van der Waals surface area contributed by atoms with Crippen molar-refractivity contribution in [1.82, 2.24) is 4.90 Å². The smallest absolute Gasteiger partial charge is 0.152 e. The van der Waals surface area contributed by atoms with Gasteiger partial charge in [0.15, 0.2) is 6.29 Å². The lowest BCUT2D eigenvalue weighted by atomic mass is 9.88. The molecule has 2 unspecified atom stereocenters. The number of allylic oxidation sites excluding steroid dienone is 10. The number of thioether (sulfide) groups is 2. The van der Waals surface area contributed by atoms with Gasteiger partial charge in [0.05, 0.1) is 60.5 Å². The van der Waals surface area contributed by atoms with Gasteiger partial charge in [-0.15, -0.1) is 23.5 Å². The van der Waals surface area contributed by atoms with Crippen molar-refractivity contribution in [2.24, 2.45) is 20.9 Å². The Bertz CT molecular complexity index is 2270. The molecule has 0 saturated heterocycles. The van der Waals surface area contributed by atoms with Gasteiger partial charge >= 0.3 is 0 Å². The highest BCUT2D eigenvalue weighted by Gasteiger charge is 2.20. The lowest BCUT2D eigenvalue weighted by Crippen LogP contribution is -2.39. The maximum atomic E-state index is 12.1. The average Bonchev–Trinajstić information content (AvgIpc) is 3.42. The zero-order valence-corrected chi connectivity index (χ0v) is 53.7. The van der Waals surface area contributed by atoms with E-state index in [1.165, 1.54) is 36.4 Å². The highest BCUT2D eigenvalue weighted by Crippen LogP contribution is 2.32. The van der Waals surface area contributed by atoms with E-state index in [1.54, 1.807) is 48.7 Å². The van der Waals surface area contributed by atoms with E-state index in [-0.39, 0.29) is 31.7 Å². The Labute approximate surface area is 489 Å². The van der Waals surface area contributed by atoms with Gasteiger partial charge in [0, 0.05) is 66.3 Å². The summed E-state index contributed by atoms with van der Waals surface area (Å²) >= 11 is 3.55. The lowest BCUT2D eigenvalue weighted by molar-refractivity contribution is -0.104. The average molecular weight is 1130 g/mol. The van der Waals surface area contributed by atoms with E-state index in [4.69, 9.17) is 10.1 Å². The number of aliphatic hydroxyl groups excluding tert-OH is 3. The Balaban J connectivity index is -0.00000129. The molecule has 2 rings (SSSR count). The fraction of sp³-hybridized carbons (Fsp3) is 0.569. The van der Waals surface area contributed by atoms with E-state index < -0.39 is 12.2 Å². The van der Waals surface area contributed by atoms with E-state index in [1.807, 2.05) is 66.0 Å². The molecular formula is C65H108N6O6S2. The van der Waals surface area contributed by atoms with Gasteiger partial charge in [0.2, 0.25) is 0 Å². The van der Waals surface area contributed by atoms with Crippen molar-refractivity contribution >= 4 is 79.0 Å².